The minimum absolute atomic E-state index is 0.208. The van der Waals surface area contributed by atoms with Crippen LogP contribution in [0.3, 0.4) is 0 Å². The summed E-state index contributed by atoms with van der Waals surface area (Å²) in [5.41, 5.74) is -2.96. The van der Waals surface area contributed by atoms with E-state index in [2.05, 4.69) is 9.72 Å². The zero-order chi connectivity index (χ0) is 18.9. The summed E-state index contributed by atoms with van der Waals surface area (Å²) < 4.78 is 43.7. The van der Waals surface area contributed by atoms with Crippen molar-refractivity contribution in [2.24, 2.45) is 7.05 Å². The molecule has 0 aliphatic heterocycles. The first-order valence-corrected chi connectivity index (χ1v) is 6.96. The van der Waals surface area contributed by atoms with Gasteiger partial charge < -0.3 is 9.84 Å². The zero-order valence-electron chi connectivity index (χ0n) is 13.2. The van der Waals surface area contributed by atoms with E-state index in [-0.39, 0.29) is 12.1 Å². The fourth-order valence-electron chi connectivity index (χ4n) is 2.25. The molecule has 0 aliphatic carbocycles. The van der Waals surface area contributed by atoms with Crippen molar-refractivity contribution in [2.75, 3.05) is 7.11 Å². The van der Waals surface area contributed by atoms with Gasteiger partial charge in [0, 0.05) is 19.7 Å². The molecule has 0 saturated heterocycles. The molecule has 2 aromatic rings. The first kappa shape index (κ1) is 18.4. The van der Waals surface area contributed by atoms with Crippen molar-refractivity contribution in [3.63, 3.8) is 0 Å². The number of Topliss-reactive ketones (excluding diaryl/α,β-unsaturated/α-hetero) is 1. The SMILES string of the molecule is COC(=O)CCC(=O)c1c(O)c2cc(C(F)(F)F)cnc2n(C)c1=O. The van der Waals surface area contributed by atoms with E-state index in [0.717, 1.165) is 11.7 Å². The largest absolute Gasteiger partial charge is 0.506 e. The van der Waals surface area contributed by atoms with E-state index < -0.39 is 52.2 Å². The van der Waals surface area contributed by atoms with Crippen molar-refractivity contribution in [2.45, 2.75) is 19.0 Å². The number of aromatic hydroxyl groups is 1. The number of halogens is 3. The van der Waals surface area contributed by atoms with Crippen molar-refractivity contribution in [3.8, 4) is 5.75 Å². The third-order valence-corrected chi connectivity index (χ3v) is 3.58. The highest BCUT2D eigenvalue weighted by Crippen LogP contribution is 2.33. The standard InChI is InChI=1S/C15H13F3N2O5/c1-20-13-8(5-7(6-19-13)15(16,17)18)12(23)11(14(20)24)9(21)3-4-10(22)25-2/h5-6,23H,3-4H2,1-2H3. The van der Waals surface area contributed by atoms with E-state index in [9.17, 15) is 32.7 Å². The Morgan fingerprint density at radius 1 is 1.32 bits per heavy atom. The molecule has 25 heavy (non-hydrogen) atoms. The van der Waals surface area contributed by atoms with Crippen LogP contribution in [0.2, 0.25) is 0 Å². The van der Waals surface area contributed by atoms with Gasteiger partial charge in [-0.3, -0.25) is 19.0 Å². The van der Waals surface area contributed by atoms with Crippen molar-refractivity contribution in [3.05, 3.63) is 33.7 Å². The van der Waals surface area contributed by atoms with Gasteiger partial charge in [0.1, 0.15) is 17.0 Å². The number of nitrogens with zero attached hydrogens (tertiary/aromatic N) is 2. The van der Waals surface area contributed by atoms with Gasteiger partial charge in [0.25, 0.3) is 5.56 Å². The van der Waals surface area contributed by atoms with Crippen LogP contribution >= 0.6 is 0 Å². The second kappa shape index (κ2) is 6.54. The van der Waals surface area contributed by atoms with E-state index in [1.807, 2.05) is 0 Å². The van der Waals surface area contributed by atoms with Gasteiger partial charge in [-0.25, -0.2) is 4.98 Å². The molecule has 0 fully saturated rings. The molecule has 10 heteroatoms. The summed E-state index contributed by atoms with van der Waals surface area (Å²) in [6, 6.07) is 0.605. The molecule has 0 atom stereocenters. The molecule has 0 amide bonds. The third kappa shape index (κ3) is 3.47. The molecule has 0 unspecified atom stereocenters. The number of esters is 1. The normalized spacial score (nSPS) is 11.6. The van der Waals surface area contributed by atoms with Gasteiger partial charge in [0.2, 0.25) is 0 Å². The van der Waals surface area contributed by atoms with Crippen LogP contribution in [0.25, 0.3) is 11.0 Å². The summed E-state index contributed by atoms with van der Waals surface area (Å²) >= 11 is 0. The summed E-state index contributed by atoms with van der Waals surface area (Å²) in [5.74, 6) is -2.49. The molecule has 7 nitrogen and oxygen atoms in total. The second-order valence-corrected chi connectivity index (χ2v) is 5.18. The maximum absolute atomic E-state index is 12.8. The lowest BCUT2D eigenvalue weighted by Crippen LogP contribution is -2.26. The van der Waals surface area contributed by atoms with Crippen molar-refractivity contribution in [1.82, 2.24) is 9.55 Å². The lowest BCUT2D eigenvalue weighted by Gasteiger charge is -2.12. The fourth-order valence-corrected chi connectivity index (χ4v) is 2.25. The number of alkyl halides is 3. The smallest absolute Gasteiger partial charge is 0.417 e. The minimum atomic E-state index is -4.71. The lowest BCUT2D eigenvalue weighted by atomic mass is 10.0. The highest BCUT2D eigenvalue weighted by atomic mass is 19.4. The van der Waals surface area contributed by atoms with E-state index in [0.29, 0.717) is 12.3 Å². The molecule has 0 spiro atoms. The monoisotopic (exact) mass is 358 g/mol. The number of hydrogen-bond acceptors (Lipinski definition) is 6. The number of pyridine rings is 2. The quantitative estimate of drug-likeness (QED) is 0.661. The molecule has 1 N–H and O–H groups in total. The van der Waals surface area contributed by atoms with Crippen LogP contribution < -0.4 is 5.56 Å². The number of carbonyl (C=O) groups is 2. The van der Waals surface area contributed by atoms with Gasteiger partial charge in [0.05, 0.1) is 24.5 Å². The Morgan fingerprint density at radius 2 is 1.96 bits per heavy atom. The predicted octanol–water partition coefficient (Wildman–Crippen LogP) is 1.79. The summed E-state index contributed by atoms with van der Waals surface area (Å²) in [4.78, 5) is 39.1. The summed E-state index contributed by atoms with van der Waals surface area (Å²) in [7, 11) is 2.32. The Balaban J connectivity index is 2.63. The molecular weight excluding hydrogens is 345 g/mol. The van der Waals surface area contributed by atoms with Crippen LogP contribution in [0.15, 0.2) is 17.1 Å². The molecular formula is C15H13F3N2O5. The van der Waals surface area contributed by atoms with Gasteiger partial charge in [-0.2, -0.15) is 13.2 Å². The Bertz CT molecular complexity index is 918. The van der Waals surface area contributed by atoms with E-state index in [4.69, 9.17) is 0 Å². The van der Waals surface area contributed by atoms with E-state index in [1.165, 1.54) is 7.05 Å². The number of hydrogen-bond donors (Lipinski definition) is 1. The number of aryl methyl sites for hydroxylation is 1. The first-order valence-electron chi connectivity index (χ1n) is 6.96. The summed E-state index contributed by atoms with van der Waals surface area (Å²) in [6.45, 7) is 0. The van der Waals surface area contributed by atoms with Crippen LogP contribution in [0.1, 0.15) is 28.8 Å². The molecule has 0 aromatic carbocycles. The predicted molar refractivity (Wildman–Crippen MR) is 79.2 cm³/mol. The molecule has 134 valence electrons. The van der Waals surface area contributed by atoms with Crippen LogP contribution in [0, 0.1) is 0 Å². The topological polar surface area (TPSA) is 98.5 Å². The number of fused-ring (bicyclic) bond motifs is 1. The number of methoxy groups -OCH3 is 1. The molecule has 2 heterocycles. The van der Waals surface area contributed by atoms with Gasteiger partial charge in [-0.05, 0) is 6.07 Å². The second-order valence-electron chi connectivity index (χ2n) is 5.18. The van der Waals surface area contributed by atoms with Crippen molar-refractivity contribution < 1.29 is 32.6 Å². The average molecular weight is 358 g/mol. The summed E-state index contributed by atoms with van der Waals surface area (Å²) in [6.07, 6.45) is -4.96. The van der Waals surface area contributed by atoms with Crippen molar-refractivity contribution >= 4 is 22.8 Å². The molecule has 0 radical (unpaired) electrons. The Labute approximate surface area is 138 Å². The molecule has 2 aromatic heterocycles. The van der Waals surface area contributed by atoms with E-state index in [1.54, 1.807) is 0 Å². The maximum Gasteiger partial charge on any atom is 0.417 e. The van der Waals surface area contributed by atoms with Crippen LogP contribution in [0.5, 0.6) is 5.75 Å². The number of ketones is 1. The van der Waals surface area contributed by atoms with Gasteiger partial charge >= 0.3 is 12.1 Å². The Morgan fingerprint density at radius 3 is 2.52 bits per heavy atom. The molecule has 0 saturated carbocycles. The van der Waals surface area contributed by atoms with E-state index >= 15 is 0 Å². The molecule has 0 aliphatic rings. The number of rotatable bonds is 4. The van der Waals surface area contributed by atoms with Crippen molar-refractivity contribution in [1.29, 1.82) is 0 Å². The Kier molecular flexibility index (Phi) is 4.82. The van der Waals surface area contributed by atoms with Crippen LogP contribution in [-0.4, -0.2) is 33.5 Å². The molecule has 0 bridgehead atoms. The van der Waals surface area contributed by atoms with Gasteiger partial charge in [-0.15, -0.1) is 0 Å². The van der Waals surface area contributed by atoms with Crippen LogP contribution in [-0.2, 0) is 22.8 Å². The third-order valence-electron chi connectivity index (χ3n) is 3.58. The average Bonchev–Trinajstić information content (AvgIpc) is 2.56. The fraction of sp³-hybridized carbons (Fsp3) is 0.333. The number of aromatic nitrogens is 2. The summed E-state index contributed by atoms with van der Waals surface area (Å²) in [5, 5.41) is 9.79. The molecule has 2 rings (SSSR count). The number of carbonyl (C=O) groups excluding carboxylic acids is 2. The number of ether oxygens (including phenoxy) is 1. The highest BCUT2D eigenvalue weighted by Gasteiger charge is 2.32. The maximum atomic E-state index is 12.8. The lowest BCUT2D eigenvalue weighted by molar-refractivity contribution is -0.140. The van der Waals surface area contributed by atoms with Gasteiger partial charge in [0.15, 0.2) is 5.78 Å². The minimum Gasteiger partial charge on any atom is -0.506 e. The van der Waals surface area contributed by atoms with Gasteiger partial charge in [-0.1, -0.05) is 0 Å². The Hall–Kier alpha value is -2.91. The first-order chi connectivity index (χ1) is 11.6. The van der Waals surface area contributed by atoms with Crippen LogP contribution in [0.4, 0.5) is 13.2 Å². The highest BCUT2D eigenvalue weighted by molar-refractivity contribution is 6.03. The zero-order valence-corrected chi connectivity index (χ0v) is 13.2.